The van der Waals surface area contributed by atoms with Crippen molar-refractivity contribution in [3.63, 3.8) is 0 Å². The van der Waals surface area contributed by atoms with Crippen molar-refractivity contribution < 1.29 is 62.6 Å². The number of likely N-dealkylation sites (tertiary alicyclic amines) is 1. The van der Waals surface area contributed by atoms with E-state index in [4.69, 9.17) is 38.9 Å². The van der Waals surface area contributed by atoms with Gasteiger partial charge in [-0.05, 0) is 113 Å². The van der Waals surface area contributed by atoms with E-state index in [1.807, 2.05) is 68.4 Å². The van der Waals surface area contributed by atoms with E-state index in [1.165, 1.54) is 11.8 Å². The topological polar surface area (TPSA) is 437 Å². The fourth-order valence-electron chi connectivity index (χ4n) is 13.3. The van der Waals surface area contributed by atoms with E-state index in [0.717, 1.165) is 39.9 Å². The number of carbonyl (C=O) groups excluding carboxylic acids is 11. The lowest BCUT2D eigenvalue weighted by Crippen LogP contribution is -2.61. The third-order valence-electron chi connectivity index (χ3n) is 19.2. The van der Waals surface area contributed by atoms with Gasteiger partial charge in [-0.15, -0.1) is 0 Å². The van der Waals surface area contributed by atoms with Gasteiger partial charge in [-0.2, -0.15) is 0 Å². The molecule has 6 aromatic rings. The van der Waals surface area contributed by atoms with Crippen LogP contribution in [0.15, 0.2) is 146 Å². The summed E-state index contributed by atoms with van der Waals surface area (Å²) in [5.74, 6) is -8.80. The summed E-state index contributed by atoms with van der Waals surface area (Å²) in [6, 6.07) is 27.6. The summed E-state index contributed by atoms with van der Waals surface area (Å²) < 4.78 is 5.55. The number of urea groups is 1. The van der Waals surface area contributed by atoms with E-state index < -0.39 is 132 Å². The molecular formula is C78H97ClN16O13. The second-order valence-corrected chi connectivity index (χ2v) is 28.4. The molecule has 0 spiro atoms. The zero-order chi connectivity index (χ0) is 77.6. The summed E-state index contributed by atoms with van der Waals surface area (Å²) in [6.45, 7) is 7.49. The molecule has 0 bridgehead atoms. The van der Waals surface area contributed by atoms with Gasteiger partial charge in [0.2, 0.25) is 53.2 Å². The van der Waals surface area contributed by atoms with Gasteiger partial charge in [0, 0.05) is 75.5 Å². The number of morpholine rings is 1. The molecule has 29 nitrogen and oxygen atoms in total. The molecule has 10 atom stereocenters. The molecule has 17 N–H and O–H groups in total. The summed E-state index contributed by atoms with van der Waals surface area (Å²) in [5, 5.41) is 45.5. The maximum Gasteiger partial charge on any atom is 0.325 e. The molecule has 3 aliphatic rings. The summed E-state index contributed by atoms with van der Waals surface area (Å²) >= 11 is 6.27. The SMILES string of the molecule is CC(C)C[C@H](NC(=O)[C@@H](Cc1ccc(CN2CCOCC2)cc1)NC(=O)[C@H](Cc1ccc(N)cc1)NC(=O)[C@H](CO)NC(=O)[C@@H](Cc1ccccc1)NC(=O)C(Cc1ccc(Cl)cc1)N1C(=O)NC(Cc2ccc3ccccc3c2)C1=O)C(=O)N[C@@H](CCCNC(=N)N)C(=O)N1CCC[C@H]1C(=O)N[C@H](C)C(N)=O. The predicted molar refractivity (Wildman–Crippen MR) is 406 cm³/mol. The highest BCUT2D eigenvalue weighted by Crippen LogP contribution is 2.25. The Hall–Kier alpha value is -11.0. The smallest absolute Gasteiger partial charge is 0.325 e. The quantitative estimate of drug-likeness (QED) is 0.00878. The second-order valence-electron chi connectivity index (χ2n) is 28.0. The zero-order valence-corrected chi connectivity index (χ0v) is 61.5. The van der Waals surface area contributed by atoms with Gasteiger partial charge in [-0.3, -0.25) is 58.3 Å². The van der Waals surface area contributed by atoms with Crippen molar-refractivity contribution in [2.75, 3.05) is 51.7 Å². The Balaban J connectivity index is 0.971. The van der Waals surface area contributed by atoms with Crippen LogP contribution in [0.4, 0.5) is 10.5 Å². The first-order valence-corrected chi connectivity index (χ1v) is 36.7. The maximum atomic E-state index is 15.3. The number of hydrogen-bond donors (Lipinski definition) is 14. The number of hydrogen-bond acceptors (Lipinski definition) is 16. The average Bonchev–Trinajstić information content (AvgIpc) is 1.63. The Morgan fingerprint density at radius 1 is 0.593 bits per heavy atom. The van der Waals surface area contributed by atoms with Crippen LogP contribution in [0.1, 0.15) is 86.3 Å². The Morgan fingerprint density at radius 2 is 1.10 bits per heavy atom. The minimum absolute atomic E-state index is 0.00667. The summed E-state index contributed by atoms with van der Waals surface area (Å²) in [6.07, 6.45) is 0.175. The third kappa shape index (κ3) is 23.2. The molecule has 3 heterocycles. The minimum Gasteiger partial charge on any atom is -0.399 e. The normalized spacial score (nSPS) is 17.4. The first-order chi connectivity index (χ1) is 51.8. The molecule has 574 valence electrons. The van der Waals surface area contributed by atoms with Crippen LogP contribution in [0.2, 0.25) is 5.02 Å². The van der Waals surface area contributed by atoms with Crippen molar-refractivity contribution in [2.45, 2.75) is 152 Å². The molecule has 3 aliphatic heterocycles. The summed E-state index contributed by atoms with van der Waals surface area (Å²) in [4.78, 5) is 163. The highest BCUT2D eigenvalue weighted by atomic mass is 35.5. The highest BCUT2D eigenvalue weighted by Gasteiger charge is 2.46. The van der Waals surface area contributed by atoms with Gasteiger partial charge < -0.3 is 79.8 Å². The molecule has 30 heteroatoms. The Bertz CT molecular complexity index is 4170. The van der Waals surface area contributed by atoms with Crippen LogP contribution >= 0.6 is 11.6 Å². The number of ether oxygens (including phenoxy) is 1. The Kier molecular flexibility index (Phi) is 29.3. The molecule has 9 rings (SSSR count). The number of nitrogens with two attached hydrogens (primary N) is 3. The largest absolute Gasteiger partial charge is 0.399 e. The molecule has 3 saturated heterocycles. The van der Waals surface area contributed by atoms with Gasteiger partial charge in [0.15, 0.2) is 5.96 Å². The van der Waals surface area contributed by atoms with Gasteiger partial charge >= 0.3 is 6.03 Å². The van der Waals surface area contributed by atoms with E-state index in [9.17, 15) is 43.5 Å². The number of guanidine groups is 1. The molecule has 0 aromatic heterocycles. The van der Waals surface area contributed by atoms with E-state index in [0.29, 0.717) is 59.1 Å². The van der Waals surface area contributed by atoms with E-state index in [1.54, 1.807) is 91.0 Å². The van der Waals surface area contributed by atoms with E-state index >= 15 is 14.4 Å². The van der Waals surface area contributed by atoms with E-state index in [2.05, 4.69) is 52.8 Å². The molecular weight excluding hydrogens is 1400 g/mol. The van der Waals surface area contributed by atoms with Crippen molar-refractivity contribution >= 4 is 99.1 Å². The molecule has 2 unspecified atom stereocenters. The number of anilines is 1. The zero-order valence-electron chi connectivity index (χ0n) is 60.7. The third-order valence-corrected chi connectivity index (χ3v) is 19.5. The Morgan fingerprint density at radius 3 is 1.70 bits per heavy atom. The lowest BCUT2D eigenvalue weighted by atomic mass is 9.99. The monoisotopic (exact) mass is 1500 g/mol. The predicted octanol–water partition coefficient (Wildman–Crippen LogP) is 1.90. The molecule has 0 radical (unpaired) electrons. The lowest BCUT2D eigenvalue weighted by molar-refractivity contribution is -0.142. The number of rotatable bonds is 36. The van der Waals surface area contributed by atoms with Gasteiger partial charge in [0.05, 0.1) is 19.8 Å². The minimum atomic E-state index is -1.81. The number of fused-ring (bicyclic) bond motifs is 1. The molecule has 3 fully saturated rings. The lowest BCUT2D eigenvalue weighted by Gasteiger charge is -2.31. The summed E-state index contributed by atoms with van der Waals surface area (Å²) in [5.41, 5.74) is 21.3. The van der Waals surface area contributed by atoms with Crippen LogP contribution in [-0.4, -0.2) is 197 Å². The number of halogens is 1. The molecule has 108 heavy (non-hydrogen) atoms. The van der Waals surface area contributed by atoms with Crippen molar-refractivity contribution in [1.29, 1.82) is 5.41 Å². The number of aliphatic hydroxyl groups is 1. The second kappa shape index (κ2) is 39.0. The van der Waals surface area contributed by atoms with Crippen molar-refractivity contribution in [2.24, 2.45) is 17.4 Å². The number of benzene rings is 6. The molecule has 0 aliphatic carbocycles. The van der Waals surface area contributed by atoms with Crippen LogP contribution in [0, 0.1) is 11.3 Å². The molecule has 6 aromatic carbocycles. The van der Waals surface area contributed by atoms with Crippen LogP contribution in [0.3, 0.4) is 0 Å². The fourth-order valence-corrected chi connectivity index (χ4v) is 13.5. The first-order valence-electron chi connectivity index (χ1n) is 36.3. The van der Waals surface area contributed by atoms with Gasteiger partial charge in [0.1, 0.15) is 60.4 Å². The number of primary amides is 1. The summed E-state index contributed by atoms with van der Waals surface area (Å²) in [7, 11) is 0. The van der Waals surface area contributed by atoms with Crippen molar-refractivity contribution in [3.8, 4) is 0 Å². The number of nitrogens with zero attached hydrogens (tertiary/aromatic N) is 3. The number of carbonyl (C=O) groups is 11. The van der Waals surface area contributed by atoms with Gasteiger partial charge in [-0.1, -0.05) is 147 Å². The van der Waals surface area contributed by atoms with Gasteiger partial charge in [-0.25, -0.2) is 9.69 Å². The fraction of sp³-hybridized carbons (Fsp3) is 0.410. The van der Waals surface area contributed by atoms with E-state index in [-0.39, 0.29) is 82.8 Å². The Labute approximate surface area is 631 Å². The van der Waals surface area contributed by atoms with Crippen LogP contribution in [0.5, 0.6) is 0 Å². The van der Waals surface area contributed by atoms with Crippen LogP contribution < -0.4 is 65.1 Å². The van der Waals surface area contributed by atoms with Crippen LogP contribution in [0.25, 0.3) is 10.8 Å². The molecule has 0 saturated carbocycles. The highest BCUT2D eigenvalue weighted by molar-refractivity contribution is 6.30. The van der Waals surface area contributed by atoms with Crippen molar-refractivity contribution in [1.82, 2.24) is 62.6 Å². The van der Waals surface area contributed by atoms with Crippen molar-refractivity contribution in [3.05, 3.63) is 184 Å². The number of imide groups is 1. The molecule has 12 amide bonds. The number of nitrogens with one attached hydrogen (secondary N) is 10. The standard InChI is InChI=1S/C78H97ClN16O13/c1-46(2)37-59(68(98)86-58(15-9-31-84-77(82)83)75(105)94-32-10-16-65(94)73(103)85-47(3)67(81)97)87-69(99)60(40-49-17-19-52(20-18-49)44-93-33-35-108-36-34-93)88-70(100)61(41-50-24-29-57(80)30-25-50)89-72(102)64(45-96)91-71(101)62(39-48-11-5-4-6-12-48)90-74(104)66(43-51-22-27-56(79)28-23-51)95-76(106)63(92-78(95)107)42-53-21-26-54-13-7-8-14-55(54)38-53/h4-8,11-14,17-30,38,46-47,58-66,96H,9-10,15-16,31-37,39-45,80H2,1-3H3,(H2,81,97)(H,85,103)(H,86,98)(H,87,99)(H,88,100)(H,89,102)(H,90,104)(H,91,101)(H,92,107)(H4,82,83,84)/t47-,58+,59+,60-,61+,62-,63?,64+,65+,66?/m1/s1. The number of nitrogen functional groups attached to an aromatic ring is 1. The van der Waals surface area contributed by atoms with Crippen LogP contribution in [-0.2, 0) is 91.3 Å². The average molecular weight is 1500 g/mol. The first kappa shape index (κ1) is 81.1. The number of amides is 12. The van der Waals surface area contributed by atoms with Gasteiger partial charge in [0.25, 0.3) is 5.91 Å². The maximum absolute atomic E-state index is 15.3. The number of aliphatic hydroxyl groups excluding tert-OH is 1.